The lowest BCUT2D eigenvalue weighted by Crippen LogP contribution is -2.01. The van der Waals surface area contributed by atoms with Crippen LogP contribution in [-0.4, -0.2) is 19.3 Å². The van der Waals surface area contributed by atoms with Gasteiger partial charge in [0.05, 0.1) is 19.3 Å². The Bertz CT molecular complexity index is 583. The summed E-state index contributed by atoms with van der Waals surface area (Å²) in [5.41, 5.74) is 0.207. The van der Waals surface area contributed by atoms with Crippen LogP contribution in [0.2, 0.25) is 0 Å². The van der Waals surface area contributed by atoms with Crippen molar-refractivity contribution in [2.24, 2.45) is 0 Å². The molecule has 0 saturated carbocycles. The number of benzene rings is 1. The fraction of sp³-hybridized carbons (Fsp3) is 0.308. The fourth-order valence-corrected chi connectivity index (χ4v) is 1.67. The van der Waals surface area contributed by atoms with Crippen LogP contribution in [0, 0.1) is 0 Å². The molecule has 3 rings (SSSR count). The molecule has 0 aliphatic carbocycles. The van der Waals surface area contributed by atoms with Crippen molar-refractivity contribution in [3.8, 4) is 5.75 Å². The summed E-state index contributed by atoms with van der Waals surface area (Å²) in [6, 6.07) is 8.64. The lowest BCUT2D eigenvalue weighted by Gasteiger charge is -2.05. The van der Waals surface area contributed by atoms with Gasteiger partial charge in [-0.05, 0) is 18.2 Å². The van der Waals surface area contributed by atoms with E-state index in [0.717, 1.165) is 18.4 Å². The molecular formula is C13H12O4. The molecule has 0 radical (unpaired) electrons. The Morgan fingerprint density at radius 2 is 2.12 bits per heavy atom. The fourth-order valence-electron chi connectivity index (χ4n) is 1.67. The number of hydrogen-bond acceptors (Lipinski definition) is 4. The average Bonchev–Trinajstić information content (AvgIpc) is 3.12. The zero-order valence-electron chi connectivity index (χ0n) is 9.22. The first-order valence-electron chi connectivity index (χ1n) is 5.59. The number of hydrogen-bond donors (Lipinski definition) is 0. The van der Waals surface area contributed by atoms with Crippen molar-refractivity contribution in [2.75, 3.05) is 13.2 Å². The van der Waals surface area contributed by atoms with Crippen molar-refractivity contribution < 1.29 is 13.9 Å². The predicted molar refractivity (Wildman–Crippen MR) is 62.3 cm³/mol. The highest BCUT2D eigenvalue weighted by molar-refractivity contribution is 5.77. The van der Waals surface area contributed by atoms with E-state index in [1.807, 2.05) is 12.1 Å². The van der Waals surface area contributed by atoms with Gasteiger partial charge in [-0.15, -0.1) is 0 Å². The van der Waals surface area contributed by atoms with Gasteiger partial charge in [-0.2, -0.15) is 0 Å². The zero-order chi connectivity index (χ0) is 11.7. The van der Waals surface area contributed by atoms with Crippen molar-refractivity contribution >= 4 is 11.0 Å². The standard InChI is InChI=1S/C13H12O4/c14-13-4-2-9-1-3-10(7-12(9)17-13)15-6-5-11-8-16-11/h1-4,7,11H,5-6,8H2. The number of fused-ring (bicyclic) bond motifs is 1. The van der Waals surface area contributed by atoms with Crippen molar-refractivity contribution in [1.82, 2.24) is 0 Å². The zero-order valence-corrected chi connectivity index (χ0v) is 9.22. The van der Waals surface area contributed by atoms with Gasteiger partial charge in [-0.1, -0.05) is 0 Å². The van der Waals surface area contributed by atoms with E-state index in [-0.39, 0.29) is 5.63 Å². The van der Waals surface area contributed by atoms with Crippen LogP contribution in [0.1, 0.15) is 6.42 Å². The van der Waals surface area contributed by atoms with E-state index in [2.05, 4.69) is 0 Å². The Kier molecular flexibility index (Phi) is 2.57. The molecule has 1 aliphatic rings. The van der Waals surface area contributed by atoms with Gasteiger partial charge < -0.3 is 13.9 Å². The summed E-state index contributed by atoms with van der Waals surface area (Å²) in [5, 5.41) is 0.891. The van der Waals surface area contributed by atoms with E-state index in [9.17, 15) is 4.79 Å². The lowest BCUT2D eigenvalue weighted by molar-refractivity contribution is 0.283. The topological polar surface area (TPSA) is 52.0 Å². The van der Waals surface area contributed by atoms with Gasteiger partial charge in [-0.3, -0.25) is 0 Å². The summed E-state index contributed by atoms with van der Waals surface area (Å²) in [6.45, 7) is 1.46. The SMILES string of the molecule is O=c1ccc2ccc(OCCC3CO3)cc2o1. The van der Waals surface area contributed by atoms with Crippen LogP contribution in [0.5, 0.6) is 5.75 Å². The molecule has 1 unspecified atom stereocenters. The monoisotopic (exact) mass is 232 g/mol. The van der Waals surface area contributed by atoms with Gasteiger partial charge in [0.25, 0.3) is 0 Å². The first-order valence-corrected chi connectivity index (χ1v) is 5.59. The first-order chi connectivity index (χ1) is 8.31. The van der Waals surface area contributed by atoms with Crippen LogP contribution in [0.3, 0.4) is 0 Å². The molecule has 4 nitrogen and oxygen atoms in total. The molecule has 1 atom stereocenters. The van der Waals surface area contributed by atoms with Gasteiger partial charge in [0.15, 0.2) is 0 Å². The Morgan fingerprint density at radius 3 is 2.94 bits per heavy atom. The van der Waals surface area contributed by atoms with Crippen molar-refractivity contribution in [2.45, 2.75) is 12.5 Å². The van der Waals surface area contributed by atoms with Crippen LogP contribution in [0.25, 0.3) is 11.0 Å². The van der Waals surface area contributed by atoms with Crippen LogP contribution in [-0.2, 0) is 4.74 Å². The molecule has 1 fully saturated rings. The molecule has 0 spiro atoms. The third-order valence-electron chi connectivity index (χ3n) is 2.71. The maximum atomic E-state index is 11.1. The first kappa shape index (κ1) is 10.4. The summed E-state index contributed by atoms with van der Waals surface area (Å²) >= 11 is 0. The largest absolute Gasteiger partial charge is 0.493 e. The molecule has 0 amide bonds. The predicted octanol–water partition coefficient (Wildman–Crippen LogP) is 1.96. The van der Waals surface area contributed by atoms with Crippen LogP contribution >= 0.6 is 0 Å². The third kappa shape index (κ3) is 2.47. The number of ether oxygens (including phenoxy) is 2. The van der Waals surface area contributed by atoms with Gasteiger partial charge in [0.2, 0.25) is 0 Å². The van der Waals surface area contributed by atoms with Gasteiger partial charge in [0, 0.05) is 23.9 Å². The number of rotatable bonds is 4. The van der Waals surface area contributed by atoms with Crippen LogP contribution in [0.15, 0.2) is 39.5 Å². The van der Waals surface area contributed by atoms with Crippen LogP contribution < -0.4 is 10.4 Å². The average molecular weight is 232 g/mol. The second-order valence-corrected chi connectivity index (χ2v) is 4.05. The minimum absolute atomic E-state index is 0.346. The Hall–Kier alpha value is -1.81. The molecule has 1 aliphatic heterocycles. The third-order valence-corrected chi connectivity index (χ3v) is 2.71. The highest BCUT2D eigenvalue weighted by atomic mass is 16.6. The minimum atomic E-state index is -0.346. The molecule has 88 valence electrons. The summed E-state index contributed by atoms with van der Waals surface area (Å²) in [7, 11) is 0. The summed E-state index contributed by atoms with van der Waals surface area (Å²) in [4.78, 5) is 11.1. The highest BCUT2D eigenvalue weighted by Crippen LogP contribution is 2.20. The Morgan fingerprint density at radius 1 is 1.29 bits per heavy atom. The van der Waals surface area contributed by atoms with Crippen molar-refractivity contribution in [1.29, 1.82) is 0 Å². The molecule has 17 heavy (non-hydrogen) atoms. The smallest absolute Gasteiger partial charge is 0.336 e. The Balaban J connectivity index is 1.77. The van der Waals surface area contributed by atoms with Crippen molar-refractivity contribution in [3.05, 3.63) is 40.8 Å². The molecule has 0 bridgehead atoms. The normalized spacial score (nSPS) is 18.2. The molecule has 1 aromatic carbocycles. The molecular weight excluding hydrogens is 220 g/mol. The summed E-state index contributed by atoms with van der Waals surface area (Å²) < 4.78 is 15.7. The van der Waals surface area contributed by atoms with Crippen LogP contribution in [0.4, 0.5) is 0 Å². The lowest BCUT2D eigenvalue weighted by atomic mass is 10.2. The maximum absolute atomic E-state index is 11.1. The molecule has 1 aromatic heterocycles. The molecule has 0 N–H and O–H groups in total. The summed E-state index contributed by atoms with van der Waals surface area (Å²) in [6.07, 6.45) is 1.27. The van der Waals surface area contributed by atoms with E-state index < -0.39 is 0 Å². The Labute approximate surface area is 97.8 Å². The molecule has 2 heterocycles. The summed E-state index contributed by atoms with van der Waals surface area (Å²) in [5.74, 6) is 0.715. The van der Waals surface area contributed by atoms with Gasteiger partial charge >= 0.3 is 5.63 Å². The van der Waals surface area contributed by atoms with E-state index in [4.69, 9.17) is 13.9 Å². The van der Waals surface area contributed by atoms with Gasteiger partial charge in [-0.25, -0.2) is 4.79 Å². The van der Waals surface area contributed by atoms with E-state index in [0.29, 0.717) is 24.0 Å². The quantitative estimate of drug-likeness (QED) is 0.597. The van der Waals surface area contributed by atoms with Crippen molar-refractivity contribution in [3.63, 3.8) is 0 Å². The molecule has 2 aromatic rings. The molecule has 4 heteroatoms. The maximum Gasteiger partial charge on any atom is 0.336 e. The molecule has 1 saturated heterocycles. The number of epoxide rings is 1. The van der Waals surface area contributed by atoms with E-state index >= 15 is 0 Å². The second kappa shape index (κ2) is 4.22. The highest BCUT2D eigenvalue weighted by Gasteiger charge is 2.21. The van der Waals surface area contributed by atoms with Gasteiger partial charge in [0.1, 0.15) is 11.3 Å². The van der Waals surface area contributed by atoms with E-state index in [1.54, 1.807) is 12.1 Å². The van der Waals surface area contributed by atoms with E-state index in [1.165, 1.54) is 6.07 Å². The minimum Gasteiger partial charge on any atom is -0.493 e. The second-order valence-electron chi connectivity index (χ2n) is 4.05.